The van der Waals surface area contributed by atoms with Crippen LogP contribution in [-0.2, 0) is 4.74 Å². The highest BCUT2D eigenvalue weighted by Gasteiger charge is 2.27. The summed E-state index contributed by atoms with van der Waals surface area (Å²) >= 11 is 0. The van der Waals surface area contributed by atoms with E-state index in [0.717, 1.165) is 36.6 Å². The first-order chi connectivity index (χ1) is 8.13. The summed E-state index contributed by atoms with van der Waals surface area (Å²) in [6, 6.07) is 1.94. The number of rotatable bonds is 2. The molecule has 0 amide bonds. The van der Waals surface area contributed by atoms with Gasteiger partial charge >= 0.3 is 0 Å². The number of hydrogen-bond acceptors (Lipinski definition) is 4. The molecule has 0 bridgehead atoms. The van der Waals surface area contributed by atoms with Crippen molar-refractivity contribution >= 4 is 11.5 Å². The van der Waals surface area contributed by atoms with Crippen LogP contribution in [0.4, 0.5) is 11.5 Å². The SMILES string of the molecule is COC1CN(c2nccc(C)c2N)CCC1C. The fourth-order valence-corrected chi connectivity index (χ4v) is 2.34. The van der Waals surface area contributed by atoms with Gasteiger partial charge < -0.3 is 15.4 Å². The Morgan fingerprint density at radius 3 is 3.00 bits per heavy atom. The number of aryl methyl sites for hydroxylation is 1. The molecule has 0 aromatic carbocycles. The maximum atomic E-state index is 6.09. The van der Waals surface area contributed by atoms with Gasteiger partial charge in [-0.15, -0.1) is 0 Å². The Labute approximate surface area is 103 Å². The van der Waals surface area contributed by atoms with Crippen LogP contribution < -0.4 is 10.6 Å². The van der Waals surface area contributed by atoms with E-state index >= 15 is 0 Å². The average molecular weight is 235 g/mol. The zero-order valence-electron chi connectivity index (χ0n) is 10.8. The molecule has 1 aliphatic heterocycles. The second-order valence-corrected chi connectivity index (χ2v) is 4.85. The van der Waals surface area contributed by atoms with E-state index < -0.39 is 0 Å². The van der Waals surface area contributed by atoms with E-state index in [4.69, 9.17) is 10.5 Å². The minimum Gasteiger partial charge on any atom is -0.396 e. The number of aromatic nitrogens is 1. The summed E-state index contributed by atoms with van der Waals surface area (Å²) in [5.74, 6) is 1.50. The Bertz CT molecular complexity index is 394. The van der Waals surface area contributed by atoms with Crippen LogP contribution in [0.2, 0.25) is 0 Å². The zero-order chi connectivity index (χ0) is 12.4. The zero-order valence-corrected chi connectivity index (χ0v) is 10.8. The van der Waals surface area contributed by atoms with E-state index in [1.807, 2.05) is 19.2 Å². The monoisotopic (exact) mass is 235 g/mol. The second kappa shape index (κ2) is 4.92. The van der Waals surface area contributed by atoms with Gasteiger partial charge in [0.1, 0.15) is 0 Å². The molecule has 2 heterocycles. The third kappa shape index (κ3) is 2.36. The molecule has 17 heavy (non-hydrogen) atoms. The number of nitrogens with zero attached hydrogens (tertiary/aromatic N) is 2. The summed E-state index contributed by atoms with van der Waals surface area (Å²) in [5, 5.41) is 0. The van der Waals surface area contributed by atoms with Crippen molar-refractivity contribution in [2.75, 3.05) is 30.8 Å². The van der Waals surface area contributed by atoms with Crippen LogP contribution in [0.5, 0.6) is 0 Å². The number of methoxy groups -OCH3 is 1. The highest BCUT2D eigenvalue weighted by molar-refractivity contribution is 5.66. The van der Waals surface area contributed by atoms with Gasteiger partial charge in [-0.1, -0.05) is 6.92 Å². The normalized spacial score (nSPS) is 25.0. The Kier molecular flexibility index (Phi) is 3.52. The number of ether oxygens (including phenoxy) is 1. The predicted molar refractivity (Wildman–Crippen MR) is 70.2 cm³/mol. The minimum atomic E-state index is 0.269. The predicted octanol–water partition coefficient (Wildman–Crippen LogP) is 1.83. The first kappa shape index (κ1) is 12.2. The molecule has 0 spiro atoms. The smallest absolute Gasteiger partial charge is 0.152 e. The molecular weight excluding hydrogens is 214 g/mol. The Hall–Kier alpha value is -1.29. The van der Waals surface area contributed by atoms with Gasteiger partial charge in [-0.25, -0.2) is 4.98 Å². The highest BCUT2D eigenvalue weighted by atomic mass is 16.5. The lowest BCUT2D eigenvalue weighted by molar-refractivity contribution is 0.0497. The number of nitrogens with two attached hydrogens (primary N) is 1. The summed E-state index contributed by atoms with van der Waals surface area (Å²) in [4.78, 5) is 6.63. The van der Waals surface area contributed by atoms with E-state index in [9.17, 15) is 0 Å². The molecule has 2 rings (SSSR count). The van der Waals surface area contributed by atoms with E-state index in [2.05, 4.69) is 16.8 Å². The van der Waals surface area contributed by atoms with Crippen molar-refractivity contribution in [3.05, 3.63) is 17.8 Å². The summed E-state index contributed by atoms with van der Waals surface area (Å²) < 4.78 is 5.51. The van der Waals surface area contributed by atoms with Crippen molar-refractivity contribution in [3.63, 3.8) is 0 Å². The van der Waals surface area contributed by atoms with Crippen LogP contribution in [0, 0.1) is 12.8 Å². The van der Waals surface area contributed by atoms with Crippen molar-refractivity contribution in [3.8, 4) is 0 Å². The third-order valence-electron chi connectivity index (χ3n) is 3.68. The molecule has 2 N–H and O–H groups in total. The molecule has 0 aliphatic carbocycles. The number of piperidine rings is 1. The summed E-state index contributed by atoms with van der Waals surface area (Å²) in [6.07, 6.45) is 3.21. The fourth-order valence-electron chi connectivity index (χ4n) is 2.34. The van der Waals surface area contributed by atoms with Gasteiger partial charge in [0.25, 0.3) is 0 Å². The molecule has 1 saturated heterocycles. The number of anilines is 2. The average Bonchev–Trinajstić information content (AvgIpc) is 2.34. The molecule has 2 unspecified atom stereocenters. The first-order valence-electron chi connectivity index (χ1n) is 6.12. The fraction of sp³-hybridized carbons (Fsp3) is 0.615. The van der Waals surface area contributed by atoms with Crippen molar-refractivity contribution in [1.29, 1.82) is 0 Å². The molecule has 1 aliphatic rings. The molecule has 2 atom stereocenters. The van der Waals surface area contributed by atoms with Gasteiger partial charge in [-0.05, 0) is 30.9 Å². The van der Waals surface area contributed by atoms with E-state index in [0.29, 0.717) is 5.92 Å². The number of hydrogen-bond donors (Lipinski definition) is 1. The van der Waals surface area contributed by atoms with Gasteiger partial charge in [-0.3, -0.25) is 0 Å². The second-order valence-electron chi connectivity index (χ2n) is 4.85. The molecule has 1 fully saturated rings. The summed E-state index contributed by atoms with van der Waals surface area (Å²) in [7, 11) is 1.78. The van der Waals surface area contributed by atoms with E-state index in [1.165, 1.54) is 0 Å². The van der Waals surface area contributed by atoms with Crippen LogP contribution in [0.15, 0.2) is 12.3 Å². The van der Waals surface area contributed by atoms with Gasteiger partial charge in [0, 0.05) is 26.4 Å². The lowest BCUT2D eigenvalue weighted by atomic mass is 9.95. The van der Waals surface area contributed by atoms with Crippen molar-refractivity contribution in [2.24, 2.45) is 5.92 Å². The van der Waals surface area contributed by atoms with Crippen LogP contribution in [-0.4, -0.2) is 31.3 Å². The first-order valence-corrected chi connectivity index (χ1v) is 6.12. The third-order valence-corrected chi connectivity index (χ3v) is 3.68. The van der Waals surface area contributed by atoms with Crippen LogP contribution in [0.3, 0.4) is 0 Å². The van der Waals surface area contributed by atoms with Crippen molar-refractivity contribution in [2.45, 2.75) is 26.4 Å². The van der Waals surface area contributed by atoms with Crippen LogP contribution in [0.1, 0.15) is 18.9 Å². The van der Waals surface area contributed by atoms with E-state index in [1.54, 1.807) is 7.11 Å². The lowest BCUT2D eigenvalue weighted by Gasteiger charge is -2.37. The maximum Gasteiger partial charge on any atom is 0.152 e. The van der Waals surface area contributed by atoms with E-state index in [-0.39, 0.29) is 6.10 Å². The molecule has 4 heteroatoms. The summed E-state index contributed by atoms with van der Waals surface area (Å²) in [6.45, 7) is 6.12. The standard InChI is InChI=1S/C13H21N3O/c1-9-5-7-16(8-11(9)17-3)13-12(14)10(2)4-6-15-13/h4,6,9,11H,5,7-8,14H2,1-3H3. The maximum absolute atomic E-state index is 6.09. The molecule has 94 valence electrons. The van der Waals surface area contributed by atoms with Crippen LogP contribution >= 0.6 is 0 Å². The molecule has 1 aromatic rings. The van der Waals surface area contributed by atoms with Crippen molar-refractivity contribution < 1.29 is 4.74 Å². The van der Waals surface area contributed by atoms with Crippen LogP contribution in [0.25, 0.3) is 0 Å². The van der Waals surface area contributed by atoms with Crippen molar-refractivity contribution in [1.82, 2.24) is 4.98 Å². The number of nitrogen functional groups attached to an aromatic ring is 1. The Balaban J connectivity index is 2.20. The molecule has 4 nitrogen and oxygen atoms in total. The molecular formula is C13H21N3O. The van der Waals surface area contributed by atoms with Gasteiger partial charge in [0.15, 0.2) is 5.82 Å². The molecule has 1 aromatic heterocycles. The lowest BCUT2D eigenvalue weighted by Crippen LogP contribution is -2.44. The topological polar surface area (TPSA) is 51.4 Å². The molecule has 0 saturated carbocycles. The van der Waals surface area contributed by atoms with Gasteiger partial charge in [0.05, 0.1) is 11.8 Å². The quantitative estimate of drug-likeness (QED) is 0.849. The Morgan fingerprint density at radius 1 is 1.53 bits per heavy atom. The minimum absolute atomic E-state index is 0.269. The largest absolute Gasteiger partial charge is 0.396 e. The van der Waals surface area contributed by atoms with Gasteiger partial charge in [-0.2, -0.15) is 0 Å². The van der Waals surface area contributed by atoms with Gasteiger partial charge in [0.2, 0.25) is 0 Å². The molecule has 0 radical (unpaired) electrons. The Morgan fingerprint density at radius 2 is 2.29 bits per heavy atom. The highest BCUT2D eigenvalue weighted by Crippen LogP contribution is 2.28. The number of pyridine rings is 1. The summed E-state index contributed by atoms with van der Waals surface area (Å²) in [5.41, 5.74) is 7.96.